The minimum Gasteiger partial charge on any atom is -0.378 e. The fourth-order valence-electron chi connectivity index (χ4n) is 6.03. The highest BCUT2D eigenvalue weighted by atomic mass is 19.3. The van der Waals surface area contributed by atoms with E-state index in [4.69, 9.17) is 14.7 Å². The number of likely N-dealkylation sites (tertiary alicyclic amines) is 2. The van der Waals surface area contributed by atoms with Gasteiger partial charge in [-0.25, -0.2) is 13.8 Å². The Bertz CT molecular complexity index is 1340. The number of hydrogen-bond acceptors (Lipinski definition) is 8. The molecule has 0 saturated carbocycles. The van der Waals surface area contributed by atoms with Gasteiger partial charge in [-0.3, -0.25) is 9.36 Å². The maximum atomic E-state index is 14.1. The van der Waals surface area contributed by atoms with Crippen LogP contribution in [0.15, 0.2) is 30.3 Å². The number of anilines is 2. The number of para-hydroxylation sites is 2. The molecular formula is C29H38F2N8O2. The standard InChI is InChI=1S/C29H38F2N8O2/c30-27(31)28-33-22-6-2-3-7-23(22)39(28)25-18-24(34-29(35-25)37-14-16-41-17-15-37)32-19-21-8-13-38(20-21)26(40)9-12-36-10-4-1-5-11-36/h2-3,6-7,18,21,27H,1,4-5,8-17,19-20H2,(H,32,34,35)/t21-/m1/s1. The number of aromatic nitrogens is 4. The number of fused-ring (bicyclic) bond motifs is 1. The zero-order chi connectivity index (χ0) is 28.2. The van der Waals surface area contributed by atoms with Crippen LogP contribution in [0, 0.1) is 5.92 Å². The SMILES string of the molecule is O=C(CCN1CCCCC1)N1CC[C@H](CNc2cc(-n3c(C(F)F)nc4ccccc43)nc(N3CCOCC3)n2)C1. The van der Waals surface area contributed by atoms with E-state index in [0.717, 1.165) is 32.6 Å². The van der Waals surface area contributed by atoms with Crippen molar-refractivity contribution in [3.8, 4) is 5.82 Å². The van der Waals surface area contributed by atoms with Crippen molar-refractivity contribution >= 4 is 28.7 Å². The van der Waals surface area contributed by atoms with E-state index in [1.165, 1.54) is 23.8 Å². The van der Waals surface area contributed by atoms with Crippen molar-refractivity contribution < 1.29 is 18.3 Å². The highest BCUT2D eigenvalue weighted by Crippen LogP contribution is 2.29. The van der Waals surface area contributed by atoms with E-state index >= 15 is 0 Å². The fraction of sp³-hybridized carbons (Fsp3) is 0.586. The Kier molecular flexibility index (Phi) is 8.56. The number of carbonyl (C=O) groups excluding carboxylic acids is 1. The molecule has 0 radical (unpaired) electrons. The molecule has 3 saturated heterocycles. The Morgan fingerprint density at radius 1 is 1.02 bits per heavy atom. The number of hydrogen-bond donors (Lipinski definition) is 1. The van der Waals surface area contributed by atoms with Crippen LogP contribution in [-0.4, -0.2) is 101 Å². The van der Waals surface area contributed by atoms with Crippen LogP contribution in [0.2, 0.25) is 0 Å². The van der Waals surface area contributed by atoms with Crippen molar-refractivity contribution in [2.24, 2.45) is 5.92 Å². The molecule has 5 heterocycles. The van der Waals surface area contributed by atoms with E-state index in [9.17, 15) is 13.6 Å². The minimum absolute atomic E-state index is 0.225. The molecule has 3 aliphatic rings. The lowest BCUT2D eigenvalue weighted by atomic mass is 10.1. The number of nitrogens with zero attached hydrogens (tertiary/aromatic N) is 7. The number of piperidine rings is 1. The number of rotatable bonds is 9. The zero-order valence-electron chi connectivity index (χ0n) is 23.4. The first-order chi connectivity index (χ1) is 20.0. The van der Waals surface area contributed by atoms with Gasteiger partial charge in [0.1, 0.15) is 11.6 Å². The molecule has 6 rings (SSSR count). The Morgan fingerprint density at radius 3 is 2.63 bits per heavy atom. The summed E-state index contributed by atoms with van der Waals surface area (Å²) in [6.45, 7) is 7.48. The largest absolute Gasteiger partial charge is 0.378 e. The first-order valence-corrected chi connectivity index (χ1v) is 14.8. The Hall–Kier alpha value is -3.38. The first kappa shape index (κ1) is 27.8. The van der Waals surface area contributed by atoms with Gasteiger partial charge in [0.05, 0.1) is 24.2 Å². The zero-order valence-corrected chi connectivity index (χ0v) is 23.4. The van der Waals surface area contributed by atoms with Crippen LogP contribution in [0.25, 0.3) is 16.9 Å². The molecule has 1 atom stereocenters. The Balaban J connectivity index is 1.18. The molecular weight excluding hydrogens is 530 g/mol. The lowest BCUT2D eigenvalue weighted by Gasteiger charge is -2.27. The van der Waals surface area contributed by atoms with Gasteiger partial charge in [0.15, 0.2) is 5.82 Å². The number of alkyl halides is 2. The molecule has 12 heteroatoms. The fourth-order valence-corrected chi connectivity index (χ4v) is 6.03. The molecule has 3 aromatic rings. The van der Waals surface area contributed by atoms with Crippen LogP contribution in [0.5, 0.6) is 0 Å². The van der Waals surface area contributed by atoms with Crippen molar-refractivity contribution in [3.05, 3.63) is 36.2 Å². The first-order valence-electron chi connectivity index (χ1n) is 14.8. The molecule has 10 nitrogen and oxygen atoms in total. The summed E-state index contributed by atoms with van der Waals surface area (Å²) in [4.78, 5) is 32.9. The predicted octanol–water partition coefficient (Wildman–Crippen LogP) is 3.73. The molecule has 220 valence electrons. The van der Waals surface area contributed by atoms with Crippen molar-refractivity contribution in [2.45, 2.75) is 38.5 Å². The number of benzene rings is 1. The van der Waals surface area contributed by atoms with E-state index in [1.807, 2.05) is 9.80 Å². The summed E-state index contributed by atoms with van der Waals surface area (Å²) in [5, 5.41) is 3.43. The second-order valence-corrected chi connectivity index (χ2v) is 11.1. The van der Waals surface area contributed by atoms with E-state index in [-0.39, 0.29) is 17.6 Å². The maximum absolute atomic E-state index is 14.1. The van der Waals surface area contributed by atoms with Gasteiger partial charge >= 0.3 is 0 Å². The molecule has 3 fully saturated rings. The number of nitrogens with one attached hydrogen (secondary N) is 1. The highest BCUT2D eigenvalue weighted by Gasteiger charge is 2.27. The van der Waals surface area contributed by atoms with Gasteiger partial charge in [0.2, 0.25) is 11.9 Å². The lowest BCUT2D eigenvalue weighted by molar-refractivity contribution is -0.130. The molecule has 0 unspecified atom stereocenters. The third-order valence-corrected chi connectivity index (χ3v) is 8.31. The van der Waals surface area contributed by atoms with Gasteiger partial charge in [-0.1, -0.05) is 18.6 Å². The normalized spacial score (nSPS) is 20.3. The molecule has 1 aromatic carbocycles. The van der Waals surface area contributed by atoms with Crippen LogP contribution < -0.4 is 10.2 Å². The van der Waals surface area contributed by atoms with Crippen LogP contribution in [0.4, 0.5) is 20.5 Å². The summed E-state index contributed by atoms with van der Waals surface area (Å²) < 4.78 is 35.2. The number of halogens is 2. The van der Waals surface area contributed by atoms with Crippen molar-refractivity contribution in [2.75, 3.05) is 75.8 Å². The lowest BCUT2D eigenvalue weighted by Crippen LogP contribution is -2.37. The number of amides is 1. The van der Waals surface area contributed by atoms with Gasteiger partial charge in [-0.2, -0.15) is 9.97 Å². The number of carbonyl (C=O) groups is 1. The quantitative estimate of drug-likeness (QED) is 0.418. The van der Waals surface area contributed by atoms with Crippen molar-refractivity contribution in [1.29, 1.82) is 0 Å². The maximum Gasteiger partial charge on any atom is 0.296 e. The average Bonchev–Trinajstić information content (AvgIpc) is 3.65. The van der Waals surface area contributed by atoms with Gasteiger partial charge in [0.25, 0.3) is 6.43 Å². The minimum atomic E-state index is -2.77. The molecule has 1 N–H and O–H groups in total. The summed E-state index contributed by atoms with van der Waals surface area (Å²) in [6, 6.07) is 8.79. The summed E-state index contributed by atoms with van der Waals surface area (Å²) in [5.74, 6) is 1.53. The van der Waals surface area contributed by atoms with Crippen LogP contribution >= 0.6 is 0 Å². The van der Waals surface area contributed by atoms with E-state index in [1.54, 1.807) is 30.3 Å². The number of ether oxygens (including phenoxy) is 1. The molecule has 41 heavy (non-hydrogen) atoms. The molecule has 1 amide bonds. The predicted molar refractivity (Wildman–Crippen MR) is 153 cm³/mol. The number of morpholine rings is 1. The topological polar surface area (TPSA) is 91.7 Å². The van der Waals surface area contributed by atoms with Gasteiger partial charge in [-0.15, -0.1) is 0 Å². The van der Waals surface area contributed by atoms with Crippen LogP contribution in [-0.2, 0) is 9.53 Å². The molecule has 0 aliphatic carbocycles. The van der Waals surface area contributed by atoms with E-state index < -0.39 is 6.43 Å². The second kappa shape index (κ2) is 12.6. The number of imidazole rings is 1. The van der Waals surface area contributed by atoms with E-state index in [0.29, 0.717) is 74.4 Å². The summed E-state index contributed by atoms with van der Waals surface area (Å²) in [7, 11) is 0. The smallest absolute Gasteiger partial charge is 0.296 e. The monoisotopic (exact) mass is 568 g/mol. The van der Waals surface area contributed by atoms with E-state index in [2.05, 4.69) is 15.2 Å². The third kappa shape index (κ3) is 6.43. The third-order valence-electron chi connectivity index (χ3n) is 8.31. The van der Waals surface area contributed by atoms with Gasteiger partial charge in [-0.05, 0) is 50.4 Å². The molecule has 0 bridgehead atoms. The summed E-state index contributed by atoms with van der Waals surface area (Å²) in [5.41, 5.74) is 1.05. The van der Waals surface area contributed by atoms with Gasteiger partial charge in [0, 0.05) is 51.8 Å². The summed E-state index contributed by atoms with van der Waals surface area (Å²) in [6.07, 6.45) is 2.47. The Morgan fingerprint density at radius 2 is 1.83 bits per heavy atom. The second-order valence-electron chi connectivity index (χ2n) is 11.1. The van der Waals surface area contributed by atoms with Crippen LogP contribution in [0.1, 0.15) is 44.4 Å². The molecule has 3 aliphatic heterocycles. The van der Waals surface area contributed by atoms with Gasteiger partial charge < -0.3 is 24.8 Å². The Labute approximate surface area is 238 Å². The molecule has 2 aromatic heterocycles. The molecule has 0 spiro atoms. The average molecular weight is 569 g/mol. The summed E-state index contributed by atoms with van der Waals surface area (Å²) >= 11 is 0. The highest BCUT2D eigenvalue weighted by molar-refractivity contribution is 5.78. The van der Waals surface area contributed by atoms with Crippen molar-refractivity contribution in [1.82, 2.24) is 29.3 Å². The van der Waals surface area contributed by atoms with Crippen molar-refractivity contribution in [3.63, 3.8) is 0 Å². The van der Waals surface area contributed by atoms with Crippen LogP contribution in [0.3, 0.4) is 0 Å².